The molecule has 0 atom stereocenters. The molecule has 1 aromatic carbocycles. The zero-order valence-corrected chi connectivity index (χ0v) is 13.2. The second kappa shape index (κ2) is 7.17. The molecule has 0 aliphatic heterocycles. The zero-order chi connectivity index (χ0) is 15.3. The molecule has 112 valence electrons. The lowest BCUT2D eigenvalue weighted by Crippen LogP contribution is -2.14. The van der Waals surface area contributed by atoms with Crippen LogP contribution in [0.5, 0.6) is 0 Å². The summed E-state index contributed by atoms with van der Waals surface area (Å²) in [7, 11) is 0. The van der Waals surface area contributed by atoms with Gasteiger partial charge >= 0.3 is 6.18 Å². The van der Waals surface area contributed by atoms with E-state index < -0.39 is 11.7 Å². The summed E-state index contributed by atoms with van der Waals surface area (Å²) in [6, 6.07) is 10.7. The highest BCUT2D eigenvalue weighted by atomic mass is 79.9. The summed E-state index contributed by atoms with van der Waals surface area (Å²) in [4.78, 5) is 4.88. The van der Waals surface area contributed by atoms with Crippen LogP contribution in [0.1, 0.15) is 5.56 Å². The molecule has 0 saturated carbocycles. The molecular formula is C14H12BrF3N2S. The normalized spacial score (nSPS) is 11.4. The molecule has 0 unspecified atom stereocenters. The van der Waals surface area contributed by atoms with Gasteiger partial charge in [-0.3, -0.25) is 0 Å². The van der Waals surface area contributed by atoms with E-state index in [-0.39, 0.29) is 5.82 Å². The monoisotopic (exact) mass is 376 g/mol. The predicted octanol–water partition coefficient (Wildman–Crippen LogP) is 5.07. The first kappa shape index (κ1) is 16.2. The number of nitrogens with zero attached hydrogens (tertiary/aromatic N) is 1. The molecule has 0 amide bonds. The van der Waals surface area contributed by atoms with Gasteiger partial charge < -0.3 is 5.32 Å². The molecule has 1 aromatic heterocycles. The lowest BCUT2D eigenvalue weighted by atomic mass is 10.2. The number of alkyl halides is 3. The van der Waals surface area contributed by atoms with Crippen molar-refractivity contribution in [3.8, 4) is 0 Å². The Morgan fingerprint density at radius 1 is 1.19 bits per heavy atom. The second-order valence-electron chi connectivity index (χ2n) is 4.14. The van der Waals surface area contributed by atoms with Crippen molar-refractivity contribution in [2.24, 2.45) is 0 Å². The van der Waals surface area contributed by atoms with Crippen molar-refractivity contribution in [1.82, 2.24) is 4.98 Å². The zero-order valence-electron chi connectivity index (χ0n) is 10.8. The SMILES string of the molecule is FC(F)(F)c1cc(Br)cnc1NCCSc1ccccc1. The van der Waals surface area contributed by atoms with Gasteiger partial charge in [0.25, 0.3) is 0 Å². The van der Waals surface area contributed by atoms with E-state index in [1.165, 1.54) is 6.20 Å². The molecule has 0 aliphatic rings. The van der Waals surface area contributed by atoms with Crippen LogP contribution in [0.4, 0.5) is 19.0 Å². The van der Waals surface area contributed by atoms with Crippen LogP contribution >= 0.6 is 27.7 Å². The highest BCUT2D eigenvalue weighted by Crippen LogP contribution is 2.35. The van der Waals surface area contributed by atoms with Gasteiger partial charge in [0.15, 0.2) is 0 Å². The van der Waals surface area contributed by atoms with Crippen LogP contribution in [0, 0.1) is 0 Å². The minimum atomic E-state index is -4.42. The summed E-state index contributed by atoms with van der Waals surface area (Å²) in [6.45, 7) is 0.400. The molecule has 21 heavy (non-hydrogen) atoms. The number of hydrogen-bond donors (Lipinski definition) is 1. The molecule has 0 bridgehead atoms. The maximum absolute atomic E-state index is 12.9. The van der Waals surface area contributed by atoms with Crippen LogP contribution in [0.2, 0.25) is 0 Å². The number of aromatic nitrogens is 1. The Balaban J connectivity index is 1.94. The summed E-state index contributed by atoms with van der Waals surface area (Å²) in [6.07, 6.45) is -3.08. The van der Waals surface area contributed by atoms with E-state index in [9.17, 15) is 13.2 Å². The van der Waals surface area contributed by atoms with Crippen molar-refractivity contribution >= 4 is 33.5 Å². The van der Waals surface area contributed by atoms with E-state index >= 15 is 0 Å². The van der Waals surface area contributed by atoms with Crippen molar-refractivity contribution in [3.05, 3.63) is 52.6 Å². The lowest BCUT2D eigenvalue weighted by molar-refractivity contribution is -0.137. The van der Waals surface area contributed by atoms with Crippen LogP contribution in [0.3, 0.4) is 0 Å². The van der Waals surface area contributed by atoms with Gasteiger partial charge in [0.05, 0.1) is 5.56 Å². The van der Waals surface area contributed by atoms with Crippen LogP contribution in [0.15, 0.2) is 52.0 Å². The largest absolute Gasteiger partial charge is 0.419 e. The molecule has 2 aromatic rings. The van der Waals surface area contributed by atoms with Gasteiger partial charge in [-0.25, -0.2) is 4.98 Å². The molecule has 2 rings (SSSR count). The summed E-state index contributed by atoms with van der Waals surface area (Å²) < 4.78 is 39.0. The highest BCUT2D eigenvalue weighted by Gasteiger charge is 2.34. The summed E-state index contributed by atoms with van der Waals surface area (Å²) in [5, 5.41) is 2.74. The fourth-order valence-corrected chi connectivity index (χ4v) is 2.77. The topological polar surface area (TPSA) is 24.9 Å². The molecule has 7 heteroatoms. The van der Waals surface area contributed by atoms with Gasteiger partial charge in [-0.05, 0) is 34.1 Å². The number of rotatable bonds is 5. The molecule has 0 radical (unpaired) electrons. The Labute approximate surface area is 133 Å². The molecule has 2 nitrogen and oxygen atoms in total. The van der Waals surface area contributed by atoms with Gasteiger partial charge in [0.2, 0.25) is 0 Å². The van der Waals surface area contributed by atoms with Gasteiger partial charge in [-0.2, -0.15) is 13.2 Å². The van der Waals surface area contributed by atoms with Crippen molar-refractivity contribution in [1.29, 1.82) is 0 Å². The third-order valence-electron chi connectivity index (χ3n) is 2.57. The number of anilines is 1. The van der Waals surface area contributed by atoms with E-state index in [0.29, 0.717) is 16.8 Å². The summed E-state index contributed by atoms with van der Waals surface area (Å²) >= 11 is 4.58. The number of hydrogen-bond acceptors (Lipinski definition) is 3. The van der Waals surface area contributed by atoms with Gasteiger partial charge in [-0.1, -0.05) is 18.2 Å². The Morgan fingerprint density at radius 2 is 1.90 bits per heavy atom. The standard InChI is InChI=1S/C14H12BrF3N2S/c15-10-8-12(14(16,17)18)13(20-9-10)19-6-7-21-11-4-2-1-3-5-11/h1-5,8-9H,6-7H2,(H,19,20). The first-order valence-corrected chi connectivity index (χ1v) is 7.89. The van der Waals surface area contributed by atoms with Gasteiger partial charge in [0.1, 0.15) is 5.82 Å². The Morgan fingerprint density at radius 3 is 2.57 bits per heavy atom. The third-order valence-corrected chi connectivity index (χ3v) is 4.01. The maximum Gasteiger partial charge on any atom is 0.419 e. The Kier molecular flexibility index (Phi) is 5.52. The Bertz CT molecular complexity index is 591. The minimum absolute atomic E-state index is 0.139. The van der Waals surface area contributed by atoms with E-state index in [2.05, 4.69) is 26.2 Å². The predicted molar refractivity (Wildman–Crippen MR) is 82.6 cm³/mol. The molecule has 1 N–H and O–H groups in total. The van der Waals surface area contributed by atoms with Crippen LogP contribution in [-0.4, -0.2) is 17.3 Å². The minimum Gasteiger partial charge on any atom is -0.369 e. The number of thioether (sulfide) groups is 1. The average molecular weight is 377 g/mol. The molecule has 0 spiro atoms. The number of pyridine rings is 1. The first-order valence-electron chi connectivity index (χ1n) is 6.11. The highest BCUT2D eigenvalue weighted by molar-refractivity contribution is 9.10. The maximum atomic E-state index is 12.9. The molecule has 0 aliphatic carbocycles. The summed E-state index contributed by atoms with van der Waals surface area (Å²) in [5.41, 5.74) is -0.762. The molecule has 1 heterocycles. The van der Waals surface area contributed by atoms with Crippen LogP contribution in [-0.2, 0) is 6.18 Å². The number of benzene rings is 1. The van der Waals surface area contributed by atoms with E-state index in [1.807, 2.05) is 30.3 Å². The van der Waals surface area contributed by atoms with E-state index in [4.69, 9.17) is 0 Å². The first-order chi connectivity index (χ1) is 9.97. The number of halogens is 4. The third kappa shape index (κ3) is 4.93. The molecule has 0 saturated heterocycles. The van der Waals surface area contributed by atoms with E-state index in [1.54, 1.807) is 11.8 Å². The average Bonchev–Trinajstić information content (AvgIpc) is 2.45. The van der Waals surface area contributed by atoms with Gasteiger partial charge in [-0.15, -0.1) is 11.8 Å². The summed E-state index contributed by atoms with van der Waals surface area (Å²) in [5.74, 6) is 0.512. The fourth-order valence-electron chi connectivity index (χ4n) is 1.65. The van der Waals surface area contributed by atoms with Crippen LogP contribution < -0.4 is 5.32 Å². The lowest BCUT2D eigenvalue weighted by Gasteiger charge is -2.13. The Hall–Kier alpha value is -1.21. The van der Waals surface area contributed by atoms with Crippen molar-refractivity contribution in [2.45, 2.75) is 11.1 Å². The van der Waals surface area contributed by atoms with Crippen molar-refractivity contribution in [2.75, 3.05) is 17.6 Å². The fraction of sp³-hybridized carbons (Fsp3) is 0.214. The number of nitrogens with one attached hydrogen (secondary N) is 1. The van der Waals surface area contributed by atoms with Gasteiger partial charge in [0, 0.05) is 27.9 Å². The quantitative estimate of drug-likeness (QED) is 0.582. The van der Waals surface area contributed by atoms with Crippen LogP contribution in [0.25, 0.3) is 0 Å². The second-order valence-corrected chi connectivity index (χ2v) is 6.22. The molecular weight excluding hydrogens is 365 g/mol. The van der Waals surface area contributed by atoms with E-state index in [0.717, 1.165) is 11.0 Å². The van der Waals surface area contributed by atoms with Crippen molar-refractivity contribution < 1.29 is 13.2 Å². The smallest absolute Gasteiger partial charge is 0.369 e. The molecule has 0 fully saturated rings. The van der Waals surface area contributed by atoms with Crippen molar-refractivity contribution in [3.63, 3.8) is 0 Å².